The van der Waals surface area contributed by atoms with Gasteiger partial charge in [-0.1, -0.05) is 11.6 Å². The van der Waals surface area contributed by atoms with E-state index in [0.717, 1.165) is 42.7 Å². The van der Waals surface area contributed by atoms with Gasteiger partial charge < -0.3 is 11.1 Å². The summed E-state index contributed by atoms with van der Waals surface area (Å²) in [5.74, 6) is 1.01. The predicted octanol–water partition coefficient (Wildman–Crippen LogP) is 3.76. The van der Waals surface area contributed by atoms with Crippen molar-refractivity contribution in [2.24, 2.45) is 5.73 Å². The SMILES string of the molecule is NC1=CC=C(CCc2csc3c(NC4CC4)ncnc23)CC1. The molecule has 114 valence electrons. The Labute approximate surface area is 134 Å². The number of hydrogen-bond donors (Lipinski definition) is 2. The number of aromatic nitrogens is 2. The molecule has 22 heavy (non-hydrogen) atoms. The van der Waals surface area contributed by atoms with Crippen molar-refractivity contribution in [1.82, 2.24) is 9.97 Å². The van der Waals surface area contributed by atoms with Crippen molar-refractivity contribution in [1.29, 1.82) is 0 Å². The van der Waals surface area contributed by atoms with Crippen molar-refractivity contribution >= 4 is 27.4 Å². The number of nitrogens with one attached hydrogen (secondary N) is 1. The molecule has 0 saturated heterocycles. The summed E-state index contributed by atoms with van der Waals surface area (Å²) in [6, 6.07) is 0.619. The normalized spacial score (nSPS) is 18.2. The number of thiophene rings is 1. The lowest BCUT2D eigenvalue weighted by Gasteiger charge is -2.11. The first kappa shape index (κ1) is 13.8. The van der Waals surface area contributed by atoms with E-state index >= 15 is 0 Å². The molecule has 2 aromatic rings. The minimum Gasteiger partial charge on any atom is -0.402 e. The highest BCUT2D eigenvalue weighted by Crippen LogP contribution is 2.33. The van der Waals surface area contributed by atoms with Crippen LogP contribution >= 0.6 is 11.3 Å². The monoisotopic (exact) mass is 312 g/mol. The number of nitrogens with two attached hydrogens (primary N) is 1. The van der Waals surface area contributed by atoms with Crippen LogP contribution in [0.3, 0.4) is 0 Å². The topological polar surface area (TPSA) is 63.8 Å². The van der Waals surface area contributed by atoms with Crippen molar-refractivity contribution in [2.75, 3.05) is 5.32 Å². The van der Waals surface area contributed by atoms with Gasteiger partial charge in [0.25, 0.3) is 0 Å². The fourth-order valence-electron chi connectivity index (χ4n) is 2.80. The lowest BCUT2D eigenvalue weighted by atomic mass is 9.97. The summed E-state index contributed by atoms with van der Waals surface area (Å²) in [5.41, 5.74) is 10.8. The van der Waals surface area contributed by atoms with E-state index in [1.807, 2.05) is 6.08 Å². The average Bonchev–Trinajstić information content (AvgIpc) is 3.25. The number of allylic oxidation sites excluding steroid dienone is 4. The van der Waals surface area contributed by atoms with E-state index in [0.29, 0.717) is 6.04 Å². The zero-order valence-electron chi connectivity index (χ0n) is 12.5. The summed E-state index contributed by atoms with van der Waals surface area (Å²) in [6.07, 6.45) is 12.6. The molecule has 0 bridgehead atoms. The molecule has 1 saturated carbocycles. The third-order valence-corrected chi connectivity index (χ3v) is 5.35. The Morgan fingerprint density at radius 2 is 2.09 bits per heavy atom. The molecule has 0 spiro atoms. The number of aryl methyl sites for hydroxylation is 1. The molecular formula is C17H20N4S. The Hall–Kier alpha value is -1.88. The first-order valence-corrected chi connectivity index (χ1v) is 8.79. The Morgan fingerprint density at radius 1 is 1.18 bits per heavy atom. The predicted molar refractivity (Wildman–Crippen MR) is 92.0 cm³/mol. The van der Waals surface area contributed by atoms with Gasteiger partial charge in [-0.25, -0.2) is 9.97 Å². The van der Waals surface area contributed by atoms with Crippen LogP contribution in [0.25, 0.3) is 10.2 Å². The molecule has 4 nitrogen and oxygen atoms in total. The maximum atomic E-state index is 5.82. The standard InChI is InChI=1S/C17H20N4S/c18-13-5-2-11(3-6-13)1-4-12-9-22-16-15(12)19-10-20-17(16)21-14-7-8-14/h2,5,9-10,14H,1,3-4,6-8,18H2,(H,19,20,21). The molecular weight excluding hydrogens is 292 g/mol. The number of hydrogen-bond acceptors (Lipinski definition) is 5. The lowest BCUT2D eigenvalue weighted by molar-refractivity contribution is 0.813. The summed E-state index contributed by atoms with van der Waals surface area (Å²) in [7, 11) is 0. The smallest absolute Gasteiger partial charge is 0.147 e. The maximum absolute atomic E-state index is 5.82. The summed E-state index contributed by atoms with van der Waals surface area (Å²) in [6.45, 7) is 0. The molecule has 0 radical (unpaired) electrons. The second-order valence-electron chi connectivity index (χ2n) is 6.15. The van der Waals surface area contributed by atoms with Gasteiger partial charge in [0.2, 0.25) is 0 Å². The molecule has 5 heteroatoms. The highest BCUT2D eigenvalue weighted by molar-refractivity contribution is 7.18. The molecule has 0 atom stereocenters. The molecule has 0 unspecified atom stereocenters. The second kappa shape index (κ2) is 5.72. The Bertz CT molecular complexity index is 755. The fourth-order valence-corrected chi connectivity index (χ4v) is 3.81. The molecule has 2 heterocycles. The van der Waals surface area contributed by atoms with Gasteiger partial charge in [-0.2, -0.15) is 0 Å². The Morgan fingerprint density at radius 3 is 2.86 bits per heavy atom. The van der Waals surface area contributed by atoms with Crippen LogP contribution in [0.5, 0.6) is 0 Å². The van der Waals surface area contributed by atoms with E-state index < -0.39 is 0 Å². The van der Waals surface area contributed by atoms with Gasteiger partial charge in [0.15, 0.2) is 0 Å². The van der Waals surface area contributed by atoms with Crippen LogP contribution in [0.15, 0.2) is 35.1 Å². The number of nitrogens with zero attached hydrogens (tertiary/aromatic N) is 2. The Balaban J connectivity index is 1.52. The highest BCUT2D eigenvalue weighted by Gasteiger charge is 2.23. The van der Waals surface area contributed by atoms with Gasteiger partial charge in [0, 0.05) is 11.7 Å². The van der Waals surface area contributed by atoms with E-state index in [1.165, 1.54) is 28.7 Å². The van der Waals surface area contributed by atoms with E-state index in [9.17, 15) is 0 Å². The highest BCUT2D eigenvalue weighted by atomic mass is 32.1. The molecule has 2 aromatic heterocycles. The molecule has 0 aromatic carbocycles. The molecule has 0 aliphatic heterocycles. The first-order valence-electron chi connectivity index (χ1n) is 7.91. The van der Waals surface area contributed by atoms with Crippen LogP contribution in [0.4, 0.5) is 5.82 Å². The van der Waals surface area contributed by atoms with E-state index in [4.69, 9.17) is 5.73 Å². The van der Waals surface area contributed by atoms with Gasteiger partial charge in [-0.05, 0) is 55.5 Å². The van der Waals surface area contributed by atoms with E-state index in [2.05, 4.69) is 26.7 Å². The van der Waals surface area contributed by atoms with Crippen LogP contribution in [0, 0.1) is 0 Å². The second-order valence-corrected chi connectivity index (χ2v) is 7.03. The quantitative estimate of drug-likeness (QED) is 0.882. The van der Waals surface area contributed by atoms with Crippen molar-refractivity contribution in [3.8, 4) is 0 Å². The fraction of sp³-hybridized carbons (Fsp3) is 0.412. The van der Waals surface area contributed by atoms with Crippen LogP contribution in [-0.2, 0) is 6.42 Å². The van der Waals surface area contributed by atoms with Crippen LogP contribution in [-0.4, -0.2) is 16.0 Å². The summed E-state index contributed by atoms with van der Waals surface area (Å²) < 4.78 is 1.20. The minimum absolute atomic E-state index is 0.619. The third-order valence-electron chi connectivity index (χ3n) is 4.33. The van der Waals surface area contributed by atoms with Gasteiger partial charge >= 0.3 is 0 Å². The summed E-state index contributed by atoms with van der Waals surface area (Å²) >= 11 is 1.76. The largest absolute Gasteiger partial charge is 0.402 e. The number of rotatable bonds is 5. The van der Waals surface area contributed by atoms with Gasteiger partial charge in [-0.15, -0.1) is 11.3 Å². The van der Waals surface area contributed by atoms with Crippen molar-refractivity contribution in [3.63, 3.8) is 0 Å². The van der Waals surface area contributed by atoms with Crippen LogP contribution in [0.2, 0.25) is 0 Å². The third kappa shape index (κ3) is 2.86. The summed E-state index contributed by atoms with van der Waals surface area (Å²) in [4.78, 5) is 8.93. The zero-order valence-corrected chi connectivity index (χ0v) is 13.3. The molecule has 2 aliphatic rings. The average molecular weight is 312 g/mol. The minimum atomic E-state index is 0.619. The van der Waals surface area contributed by atoms with E-state index in [1.54, 1.807) is 17.7 Å². The molecule has 1 fully saturated rings. The van der Waals surface area contributed by atoms with Crippen molar-refractivity contribution < 1.29 is 0 Å². The molecule has 2 aliphatic carbocycles. The number of fused-ring (bicyclic) bond motifs is 1. The lowest BCUT2D eigenvalue weighted by Crippen LogP contribution is -2.03. The van der Waals surface area contributed by atoms with Crippen LogP contribution < -0.4 is 11.1 Å². The Kier molecular flexibility index (Phi) is 3.58. The van der Waals surface area contributed by atoms with Crippen molar-refractivity contribution in [2.45, 2.75) is 44.6 Å². The van der Waals surface area contributed by atoms with Gasteiger partial charge in [0.1, 0.15) is 12.1 Å². The maximum Gasteiger partial charge on any atom is 0.147 e. The summed E-state index contributed by atoms with van der Waals surface area (Å²) in [5, 5.41) is 5.75. The van der Waals surface area contributed by atoms with E-state index in [-0.39, 0.29) is 0 Å². The molecule has 0 amide bonds. The zero-order chi connectivity index (χ0) is 14.9. The van der Waals surface area contributed by atoms with Gasteiger partial charge in [0.05, 0.1) is 10.2 Å². The van der Waals surface area contributed by atoms with Crippen LogP contribution in [0.1, 0.15) is 37.7 Å². The molecule has 3 N–H and O–H groups in total. The van der Waals surface area contributed by atoms with Crippen molar-refractivity contribution in [3.05, 3.63) is 40.7 Å². The molecule has 4 rings (SSSR count). The first-order chi connectivity index (χ1) is 10.8. The van der Waals surface area contributed by atoms with Gasteiger partial charge in [-0.3, -0.25) is 0 Å². The number of anilines is 1.